The van der Waals surface area contributed by atoms with E-state index < -0.39 is 11.8 Å². The Morgan fingerprint density at radius 2 is 1.90 bits per heavy atom. The van der Waals surface area contributed by atoms with Gasteiger partial charge in [0.2, 0.25) is 0 Å². The third-order valence-corrected chi connectivity index (χ3v) is 4.91. The smallest absolute Gasteiger partial charge is 0.267 e. The van der Waals surface area contributed by atoms with Crippen LogP contribution in [0.25, 0.3) is 17.0 Å². The fourth-order valence-corrected chi connectivity index (χ4v) is 3.35. The second-order valence-corrected chi connectivity index (χ2v) is 6.83. The van der Waals surface area contributed by atoms with Gasteiger partial charge in [0.05, 0.1) is 5.92 Å². The number of Topliss-reactive ketones (excluding diaryl/α,β-unsaturated/α-hetero) is 1. The van der Waals surface area contributed by atoms with E-state index in [-0.39, 0.29) is 5.78 Å². The van der Waals surface area contributed by atoms with Crippen molar-refractivity contribution in [2.24, 2.45) is 5.92 Å². The van der Waals surface area contributed by atoms with Crippen molar-refractivity contribution in [3.05, 3.63) is 77.5 Å². The fourth-order valence-electron chi connectivity index (χ4n) is 3.35. The highest BCUT2D eigenvalue weighted by atomic mass is 16.5. The molecule has 0 saturated heterocycles. The molecule has 1 amide bonds. The number of para-hydroxylation sites is 1. The number of ketones is 1. The number of hydrogen-bond donors (Lipinski definition) is 4. The minimum Gasteiger partial charge on any atom is -0.360 e. The van der Waals surface area contributed by atoms with E-state index in [1.165, 1.54) is 11.6 Å². The minimum atomic E-state index is -0.600. The van der Waals surface area contributed by atoms with Crippen molar-refractivity contribution < 1.29 is 14.8 Å². The van der Waals surface area contributed by atoms with Crippen LogP contribution in [0.4, 0.5) is 0 Å². The molecular weight excluding hydrogens is 366 g/mol. The van der Waals surface area contributed by atoms with E-state index in [2.05, 4.69) is 4.98 Å². The summed E-state index contributed by atoms with van der Waals surface area (Å²) in [6.07, 6.45) is 5.48. The Kier molecular flexibility index (Phi) is 6.36. The number of carbonyl (C=O) groups is 2. The van der Waals surface area contributed by atoms with Gasteiger partial charge in [0, 0.05) is 40.9 Å². The molecule has 148 valence electrons. The molecule has 6 nitrogen and oxygen atoms in total. The van der Waals surface area contributed by atoms with E-state index in [0.717, 1.165) is 22.0 Å². The molecule has 3 aromatic rings. The lowest BCUT2D eigenvalue weighted by Crippen LogP contribution is -2.24. The van der Waals surface area contributed by atoms with E-state index in [1.54, 1.807) is 12.3 Å². The van der Waals surface area contributed by atoms with E-state index >= 15 is 0 Å². The number of aromatic nitrogens is 1. The molecule has 3 rings (SSSR count). The maximum absolute atomic E-state index is 13.1. The lowest BCUT2D eigenvalue weighted by molar-refractivity contribution is -0.124. The number of hydrogen-bond acceptors (Lipinski definition) is 4. The summed E-state index contributed by atoms with van der Waals surface area (Å²) in [5, 5.41) is 17.9. The zero-order valence-electron chi connectivity index (χ0n) is 16.1. The number of aromatic amines is 1. The molecule has 2 aromatic carbocycles. The Morgan fingerprint density at radius 1 is 1.17 bits per heavy atom. The number of carbonyl (C=O) groups excluding carboxylic acids is 2. The van der Waals surface area contributed by atoms with Crippen LogP contribution < -0.4 is 5.48 Å². The van der Waals surface area contributed by atoms with Gasteiger partial charge in [-0.05, 0) is 29.7 Å². The SMILES string of the molecule is CC[C@@H](C(=N)Cc1ccc(C=CC(=O)NO)cc1)C(=O)c1c[nH]c2ccccc12. The summed E-state index contributed by atoms with van der Waals surface area (Å²) in [7, 11) is 0. The van der Waals surface area contributed by atoms with Gasteiger partial charge in [-0.1, -0.05) is 49.4 Å². The van der Waals surface area contributed by atoms with Crippen LogP contribution in [0, 0.1) is 11.3 Å². The van der Waals surface area contributed by atoms with E-state index in [0.29, 0.717) is 24.1 Å². The van der Waals surface area contributed by atoms with Crippen molar-refractivity contribution in [1.82, 2.24) is 10.5 Å². The summed E-state index contributed by atoms with van der Waals surface area (Å²) in [4.78, 5) is 27.2. The van der Waals surface area contributed by atoms with Crippen molar-refractivity contribution in [3.63, 3.8) is 0 Å². The van der Waals surface area contributed by atoms with Gasteiger partial charge in [-0.15, -0.1) is 0 Å². The van der Waals surface area contributed by atoms with Crippen LogP contribution >= 0.6 is 0 Å². The molecule has 0 fully saturated rings. The molecule has 1 atom stereocenters. The number of rotatable bonds is 8. The zero-order valence-corrected chi connectivity index (χ0v) is 16.1. The molecule has 0 radical (unpaired) electrons. The largest absolute Gasteiger partial charge is 0.360 e. The van der Waals surface area contributed by atoms with E-state index in [9.17, 15) is 9.59 Å². The van der Waals surface area contributed by atoms with Crippen LogP contribution in [0.5, 0.6) is 0 Å². The molecular formula is C23H23N3O3. The maximum atomic E-state index is 13.1. The summed E-state index contributed by atoms with van der Waals surface area (Å²) in [5.74, 6) is -1.11. The molecule has 0 aliphatic rings. The van der Waals surface area contributed by atoms with Crippen molar-refractivity contribution >= 4 is 34.4 Å². The Morgan fingerprint density at radius 3 is 2.59 bits per heavy atom. The van der Waals surface area contributed by atoms with Crippen LogP contribution in [-0.4, -0.2) is 27.6 Å². The number of H-pyrrole nitrogens is 1. The summed E-state index contributed by atoms with van der Waals surface area (Å²) >= 11 is 0. The van der Waals surface area contributed by atoms with Gasteiger partial charge >= 0.3 is 0 Å². The summed E-state index contributed by atoms with van der Waals surface area (Å²) in [5.41, 5.74) is 5.17. The lowest BCUT2D eigenvalue weighted by atomic mass is 9.87. The molecule has 0 unspecified atom stereocenters. The molecule has 1 heterocycles. The lowest BCUT2D eigenvalue weighted by Gasteiger charge is -2.15. The molecule has 29 heavy (non-hydrogen) atoms. The standard InChI is InChI=1S/C23H23N3O3/c1-2-17(23(28)19-14-25-21-6-4-3-5-18(19)21)20(24)13-16-9-7-15(8-10-16)11-12-22(27)26-29/h3-12,14,17,24-25,29H,2,13H2,1H3,(H,26,27)/t17-/m0/s1. The second kappa shape index (κ2) is 9.12. The van der Waals surface area contributed by atoms with Crippen LogP contribution in [0.2, 0.25) is 0 Å². The molecule has 4 N–H and O–H groups in total. The summed E-state index contributed by atoms with van der Waals surface area (Å²) in [6.45, 7) is 1.92. The van der Waals surface area contributed by atoms with Crippen molar-refractivity contribution in [2.75, 3.05) is 0 Å². The van der Waals surface area contributed by atoms with E-state index in [4.69, 9.17) is 10.6 Å². The Hall–Kier alpha value is -3.51. The third kappa shape index (κ3) is 4.67. The predicted molar refractivity (Wildman–Crippen MR) is 113 cm³/mol. The first-order valence-electron chi connectivity index (χ1n) is 9.42. The molecule has 1 aromatic heterocycles. The van der Waals surface area contributed by atoms with Crippen LogP contribution in [0.3, 0.4) is 0 Å². The van der Waals surface area contributed by atoms with Gasteiger partial charge < -0.3 is 10.4 Å². The van der Waals surface area contributed by atoms with Gasteiger partial charge in [0.15, 0.2) is 5.78 Å². The first-order valence-corrected chi connectivity index (χ1v) is 9.42. The monoisotopic (exact) mass is 389 g/mol. The maximum Gasteiger partial charge on any atom is 0.267 e. The molecule has 6 heteroatoms. The highest BCUT2D eigenvalue weighted by Gasteiger charge is 2.25. The van der Waals surface area contributed by atoms with Gasteiger partial charge in [0.25, 0.3) is 5.91 Å². The Bertz CT molecular complexity index is 1060. The number of benzene rings is 2. The van der Waals surface area contributed by atoms with Gasteiger partial charge in [-0.25, -0.2) is 5.48 Å². The molecule has 0 aliphatic heterocycles. The van der Waals surface area contributed by atoms with Crippen molar-refractivity contribution in [3.8, 4) is 0 Å². The Labute approximate surface area is 168 Å². The number of fused-ring (bicyclic) bond motifs is 1. The highest BCUT2D eigenvalue weighted by molar-refractivity contribution is 6.17. The first kappa shape index (κ1) is 20.2. The zero-order chi connectivity index (χ0) is 20.8. The third-order valence-electron chi connectivity index (χ3n) is 4.91. The minimum absolute atomic E-state index is 0.0375. The average Bonchev–Trinajstić information content (AvgIpc) is 3.17. The molecule has 0 saturated carbocycles. The first-order chi connectivity index (χ1) is 14.0. The van der Waals surface area contributed by atoms with Crippen molar-refractivity contribution in [1.29, 1.82) is 5.41 Å². The number of amides is 1. The van der Waals surface area contributed by atoms with Crippen LogP contribution in [0.1, 0.15) is 34.8 Å². The Balaban J connectivity index is 1.72. The van der Waals surface area contributed by atoms with Crippen molar-refractivity contribution in [2.45, 2.75) is 19.8 Å². The summed E-state index contributed by atoms with van der Waals surface area (Å²) in [6, 6.07) is 15.1. The molecule has 0 spiro atoms. The van der Waals surface area contributed by atoms with Gasteiger partial charge in [-0.2, -0.15) is 0 Å². The second-order valence-electron chi connectivity index (χ2n) is 6.83. The predicted octanol–water partition coefficient (Wildman–Crippen LogP) is 4.16. The normalized spacial score (nSPS) is 12.2. The highest BCUT2D eigenvalue weighted by Crippen LogP contribution is 2.23. The van der Waals surface area contributed by atoms with E-state index in [1.807, 2.05) is 55.5 Å². The fraction of sp³-hybridized carbons (Fsp3) is 0.174. The average molecular weight is 389 g/mol. The summed E-state index contributed by atoms with van der Waals surface area (Å²) < 4.78 is 0. The van der Waals surface area contributed by atoms with Crippen LogP contribution in [-0.2, 0) is 11.2 Å². The quantitative estimate of drug-likeness (QED) is 0.153. The van der Waals surface area contributed by atoms with Gasteiger partial charge in [0.1, 0.15) is 0 Å². The topological polar surface area (TPSA) is 106 Å². The van der Waals surface area contributed by atoms with Crippen LogP contribution in [0.15, 0.2) is 60.8 Å². The van der Waals surface area contributed by atoms with Gasteiger partial charge in [-0.3, -0.25) is 14.8 Å². The molecule has 0 aliphatic carbocycles. The number of nitrogens with one attached hydrogen (secondary N) is 3. The number of hydroxylamine groups is 1. The molecule has 0 bridgehead atoms.